The minimum absolute atomic E-state index is 0.504. The van der Waals surface area contributed by atoms with Crippen LogP contribution in [0.1, 0.15) is 22.3 Å². The second kappa shape index (κ2) is 16.3. The number of rotatable bonds is 6. The van der Waals surface area contributed by atoms with Crippen molar-refractivity contribution in [3.63, 3.8) is 0 Å². The predicted molar refractivity (Wildman–Crippen MR) is 319 cm³/mol. The first-order valence-electron chi connectivity index (χ1n) is 26.4. The molecule has 6 aromatic heterocycles. The van der Waals surface area contributed by atoms with Crippen molar-refractivity contribution in [1.29, 1.82) is 0 Å². The van der Waals surface area contributed by atoms with Gasteiger partial charge < -0.3 is 22.7 Å². The first-order chi connectivity index (χ1) is 37.9. The molecule has 0 fully saturated rings. The van der Waals surface area contributed by atoms with Crippen molar-refractivity contribution in [1.82, 2.24) is 28.2 Å². The molecule has 0 aliphatic rings. The van der Waals surface area contributed by atoms with Crippen molar-refractivity contribution in [2.45, 2.75) is 27.7 Å². The van der Waals surface area contributed by atoms with Gasteiger partial charge in [-0.1, -0.05) is 131 Å². The molecule has 0 radical (unpaired) electrons. The number of hydrogen-bond donors (Lipinski definition) is 0. The highest BCUT2D eigenvalue weighted by atomic mass is 16.3. The summed E-state index contributed by atoms with van der Waals surface area (Å²) < 4.78 is 17.5. The van der Waals surface area contributed by atoms with E-state index in [4.69, 9.17) is 14.4 Å². The van der Waals surface area contributed by atoms with Gasteiger partial charge in [0.2, 0.25) is 5.89 Å². The van der Waals surface area contributed by atoms with Crippen LogP contribution in [0.4, 0.5) is 0 Å². The summed E-state index contributed by atoms with van der Waals surface area (Å²) in [5.41, 5.74) is 21.5. The zero-order chi connectivity index (χ0) is 51.2. The minimum atomic E-state index is 0.504. The summed E-state index contributed by atoms with van der Waals surface area (Å²) in [6.07, 6.45) is 3.86. The highest BCUT2D eigenvalue weighted by molar-refractivity contribution is 6.18. The van der Waals surface area contributed by atoms with Crippen LogP contribution in [-0.2, 0) is 0 Å². The minimum Gasteiger partial charge on any atom is -0.436 e. The fourth-order valence-electron chi connectivity index (χ4n) is 12.9. The maximum absolute atomic E-state index is 7.39. The van der Waals surface area contributed by atoms with Crippen molar-refractivity contribution in [2.75, 3.05) is 0 Å². The summed E-state index contributed by atoms with van der Waals surface area (Å²) in [5.74, 6) is 0.504. The Hall–Kier alpha value is -9.98. The van der Waals surface area contributed by atoms with E-state index >= 15 is 0 Å². The van der Waals surface area contributed by atoms with Gasteiger partial charge in [0, 0.05) is 61.0 Å². The monoisotopic (exact) mass is 988 g/mol. The molecule has 16 rings (SSSR count). The van der Waals surface area contributed by atoms with E-state index in [2.05, 4.69) is 234 Å². The molecule has 6 heterocycles. The van der Waals surface area contributed by atoms with E-state index in [1.807, 2.05) is 30.6 Å². The molecule has 0 unspecified atom stereocenters. The molecule has 0 N–H and O–H groups in total. The van der Waals surface area contributed by atoms with Crippen molar-refractivity contribution >= 4 is 98.3 Å². The molecular weight excluding hydrogens is 941 g/mol. The van der Waals surface area contributed by atoms with Gasteiger partial charge in [-0.2, -0.15) is 0 Å². The zero-order valence-electron chi connectivity index (χ0n) is 42.9. The predicted octanol–water partition coefficient (Wildman–Crippen LogP) is 18.2. The Morgan fingerprint density at radius 1 is 0.312 bits per heavy atom. The van der Waals surface area contributed by atoms with Gasteiger partial charge in [-0.15, -0.1) is 0 Å². The second-order valence-electron chi connectivity index (χ2n) is 20.9. The second-order valence-corrected chi connectivity index (χ2v) is 20.9. The van der Waals surface area contributed by atoms with Gasteiger partial charge in [0.25, 0.3) is 0 Å². The molecule has 7 heteroatoms. The summed E-state index contributed by atoms with van der Waals surface area (Å²) in [4.78, 5) is 10.4. The average Bonchev–Trinajstić information content (AvgIpc) is 4.47. The van der Waals surface area contributed by atoms with Gasteiger partial charge in [-0.25, -0.2) is 4.98 Å². The molecule has 7 nitrogen and oxygen atoms in total. The van der Waals surface area contributed by atoms with Crippen LogP contribution in [0.2, 0.25) is 0 Å². The van der Waals surface area contributed by atoms with Crippen LogP contribution in [0.25, 0.3) is 144 Å². The molecule has 10 aromatic carbocycles. The molecule has 0 saturated heterocycles. The fourth-order valence-corrected chi connectivity index (χ4v) is 12.9. The van der Waals surface area contributed by atoms with Crippen LogP contribution in [0.3, 0.4) is 0 Å². The number of benzene rings is 10. The summed E-state index contributed by atoms with van der Waals surface area (Å²) in [6.45, 7) is 8.76. The lowest BCUT2D eigenvalue weighted by atomic mass is 9.93. The molecule has 0 bridgehead atoms. The number of fused-ring (bicyclic) bond motifs is 13. The number of nitrogens with zero attached hydrogens (tertiary/aromatic N) is 6. The molecule has 0 aliphatic carbocycles. The normalized spacial score (nSPS) is 12.2. The standard InChI is InChI=1S/C70H48N6O/c1-41-25-29-59-50(37-41)46-15-5-10-20-55(46)73(59)66-64(45-33-35-71-36-34-45)67(74-56-21-11-6-16-47(56)51-38-42(2)26-30-60(51)74)69(76-58-23-13-8-18-49(58)53-40-44(4)28-32-62(53)76)68(65(66)70-72-54-19-9-14-24-63(54)77-70)75-57-22-12-7-17-48(57)52-39-43(3)27-31-61(52)75/h5-40H,1-4H3. The Morgan fingerprint density at radius 2 is 0.662 bits per heavy atom. The molecule has 0 amide bonds. The lowest BCUT2D eigenvalue weighted by Gasteiger charge is -2.30. The van der Waals surface area contributed by atoms with Gasteiger partial charge in [-0.3, -0.25) is 4.98 Å². The third-order valence-electron chi connectivity index (χ3n) is 16.1. The van der Waals surface area contributed by atoms with Crippen LogP contribution in [-0.4, -0.2) is 28.2 Å². The van der Waals surface area contributed by atoms with Crippen molar-refractivity contribution in [3.05, 3.63) is 241 Å². The highest BCUT2D eigenvalue weighted by Crippen LogP contribution is 2.54. The Kier molecular flexibility index (Phi) is 9.17. The molecule has 77 heavy (non-hydrogen) atoms. The van der Waals surface area contributed by atoms with Crippen LogP contribution in [0, 0.1) is 27.7 Å². The molecule has 0 atom stereocenters. The van der Waals surface area contributed by atoms with Crippen LogP contribution in [0.15, 0.2) is 223 Å². The van der Waals surface area contributed by atoms with E-state index in [9.17, 15) is 0 Å². The van der Waals surface area contributed by atoms with Crippen LogP contribution < -0.4 is 0 Å². The zero-order valence-corrected chi connectivity index (χ0v) is 42.9. The van der Waals surface area contributed by atoms with Crippen LogP contribution >= 0.6 is 0 Å². The van der Waals surface area contributed by atoms with E-state index in [1.54, 1.807) is 0 Å². The first-order valence-corrected chi connectivity index (χ1v) is 26.4. The summed E-state index contributed by atoms with van der Waals surface area (Å²) in [5, 5.41) is 9.30. The average molecular weight is 989 g/mol. The van der Waals surface area contributed by atoms with Crippen molar-refractivity contribution in [2.24, 2.45) is 0 Å². The number of pyridine rings is 1. The smallest absolute Gasteiger partial charge is 0.231 e. The van der Waals surface area contributed by atoms with Crippen molar-refractivity contribution < 1.29 is 4.42 Å². The maximum Gasteiger partial charge on any atom is 0.231 e. The van der Waals surface area contributed by atoms with Gasteiger partial charge in [0.05, 0.1) is 72.4 Å². The van der Waals surface area contributed by atoms with Gasteiger partial charge in [0.1, 0.15) is 5.52 Å². The van der Waals surface area contributed by atoms with Gasteiger partial charge >= 0.3 is 0 Å². The van der Waals surface area contributed by atoms with E-state index < -0.39 is 0 Å². The summed E-state index contributed by atoms with van der Waals surface area (Å²) in [6, 6.07) is 75.7. The maximum atomic E-state index is 7.39. The van der Waals surface area contributed by atoms with E-state index in [1.165, 1.54) is 38.4 Å². The highest BCUT2D eigenvalue weighted by Gasteiger charge is 2.37. The van der Waals surface area contributed by atoms with Gasteiger partial charge in [0.15, 0.2) is 5.58 Å². The Labute approximate surface area is 442 Å². The molecule has 0 saturated carbocycles. The number of aromatic nitrogens is 6. The quantitative estimate of drug-likeness (QED) is 0.167. The Bertz CT molecular complexity index is 5120. The molecule has 0 aliphatic heterocycles. The van der Waals surface area contributed by atoms with E-state index in [0.717, 1.165) is 116 Å². The van der Waals surface area contributed by atoms with E-state index in [0.29, 0.717) is 11.5 Å². The Balaban J connectivity index is 1.31. The number of aryl methyl sites for hydroxylation is 4. The largest absolute Gasteiger partial charge is 0.436 e. The fraction of sp³-hybridized carbons (Fsp3) is 0.0571. The Morgan fingerprint density at radius 3 is 1.09 bits per heavy atom. The third-order valence-corrected chi connectivity index (χ3v) is 16.1. The summed E-state index contributed by atoms with van der Waals surface area (Å²) in [7, 11) is 0. The lowest BCUT2D eigenvalue weighted by Crippen LogP contribution is -2.16. The summed E-state index contributed by atoms with van der Waals surface area (Å²) >= 11 is 0. The van der Waals surface area contributed by atoms with Gasteiger partial charge in [-0.05, 0) is 130 Å². The SMILES string of the molecule is Cc1ccc2c(c1)c1ccccc1n2-c1c(-c2ccncc2)c(-n2c3ccccc3c3cc(C)ccc32)c(-n2c3ccccc3c3cc(C)ccc32)c(-n2c3ccccc3c3cc(C)ccc32)c1-c1nc2ccccc2o1. The topological polar surface area (TPSA) is 58.6 Å². The lowest BCUT2D eigenvalue weighted by molar-refractivity contribution is 0.619. The van der Waals surface area contributed by atoms with Crippen LogP contribution in [0.5, 0.6) is 0 Å². The van der Waals surface area contributed by atoms with E-state index in [-0.39, 0.29) is 0 Å². The molecule has 16 aromatic rings. The molecule has 0 spiro atoms. The first kappa shape index (κ1) is 43.4. The number of hydrogen-bond acceptors (Lipinski definition) is 3. The third kappa shape index (κ3) is 6.19. The molecule has 364 valence electrons. The number of para-hydroxylation sites is 6. The van der Waals surface area contributed by atoms with Crippen molar-refractivity contribution in [3.8, 4) is 45.3 Å². The molecular formula is C70H48N6O. The number of oxazole rings is 1.